The van der Waals surface area contributed by atoms with E-state index in [1.54, 1.807) is 20.0 Å². The number of fused-ring (bicyclic) bond motifs is 1. The first-order chi connectivity index (χ1) is 12.1. The molecule has 2 fully saturated rings. The summed E-state index contributed by atoms with van der Waals surface area (Å²) >= 11 is 0. The Balaban J connectivity index is 1.64. The van der Waals surface area contributed by atoms with Crippen molar-refractivity contribution in [1.82, 2.24) is 20.0 Å². The van der Waals surface area contributed by atoms with Crippen LogP contribution in [-0.2, 0) is 9.53 Å². The molecule has 2 aliphatic rings. The number of hydrogen-bond donors (Lipinski definition) is 0. The van der Waals surface area contributed by atoms with Gasteiger partial charge in [-0.3, -0.25) is 4.79 Å². The predicted molar refractivity (Wildman–Crippen MR) is 90.0 cm³/mol. The molecule has 8 nitrogen and oxygen atoms in total. The number of rotatable bonds is 2. The van der Waals surface area contributed by atoms with Crippen LogP contribution >= 0.6 is 0 Å². The van der Waals surface area contributed by atoms with Gasteiger partial charge in [-0.25, -0.2) is 4.98 Å². The molecule has 8 heteroatoms. The standard InChI is InChI=1S/C17H21N5O3/c1-11-19-17(25-20-11)13-4-3-6-18-16(13)21-7-5-15-14(10-21)22(12(2)23)8-9-24-15/h3-4,6,14-15H,5,7-10H2,1-2H3. The Morgan fingerprint density at radius 1 is 1.36 bits per heavy atom. The van der Waals surface area contributed by atoms with Crippen molar-refractivity contribution in [2.45, 2.75) is 32.4 Å². The third-order valence-electron chi connectivity index (χ3n) is 4.83. The monoisotopic (exact) mass is 343 g/mol. The maximum atomic E-state index is 12.0. The van der Waals surface area contributed by atoms with Crippen LogP contribution in [-0.4, -0.2) is 64.3 Å². The second-order valence-electron chi connectivity index (χ2n) is 6.45. The highest BCUT2D eigenvalue weighted by atomic mass is 16.5. The van der Waals surface area contributed by atoms with Crippen LogP contribution in [0.25, 0.3) is 11.5 Å². The van der Waals surface area contributed by atoms with E-state index in [1.165, 1.54) is 0 Å². The fourth-order valence-corrected chi connectivity index (χ4v) is 3.68. The van der Waals surface area contributed by atoms with Gasteiger partial charge >= 0.3 is 0 Å². The molecule has 0 saturated carbocycles. The van der Waals surface area contributed by atoms with Gasteiger partial charge in [-0.2, -0.15) is 4.98 Å². The van der Waals surface area contributed by atoms with Gasteiger partial charge in [-0.1, -0.05) is 5.16 Å². The molecule has 2 aliphatic heterocycles. The van der Waals surface area contributed by atoms with Crippen LogP contribution in [0.2, 0.25) is 0 Å². The number of carbonyl (C=O) groups is 1. The first-order valence-electron chi connectivity index (χ1n) is 8.53. The van der Waals surface area contributed by atoms with Crippen LogP contribution in [0.15, 0.2) is 22.9 Å². The number of hydrogen-bond acceptors (Lipinski definition) is 7. The summed E-state index contributed by atoms with van der Waals surface area (Å²) in [6.45, 7) is 6.15. The van der Waals surface area contributed by atoms with E-state index in [9.17, 15) is 4.79 Å². The molecule has 0 radical (unpaired) electrons. The lowest BCUT2D eigenvalue weighted by Crippen LogP contribution is -2.61. The van der Waals surface area contributed by atoms with E-state index in [4.69, 9.17) is 9.26 Å². The lowest BCUT2D eigenvalue weighted by Gasteiger charge is -2.47. The van der Waals surface area contributed by atoms with Gasteiger partial charge in [0.05, 0.1) is 24.3 Å². The maximum absolute atomic E-state index is 12.0. The Labute approximate surface area is 145 Å². The number of piperidine rings is 1. The molecule has 2 unspecified atom stereocenters. The summed E-state index contributed by atoms with van der Waals surface area (Å²) in [5, 5.41) is 3.87. The Hall–Kier alpha value is -2.48. The largest absolute Gasteiger partial charge is 0.374 e. The highest BCUT2D eigenvalue weighted by Crippen LogP contribution is 2.32. The molecule has 4 rings (SSSR count). The molecule has 0 N–H and O–H groups in total. The van der Waals surface area contributed by atoms with E-state index >= 15 is 0 Å². The second kappa shape index (κ2) is 6.44. The smallest absolute Gasteiger partial charge is 0.261 e. The summed E-state index contributed by atoms with van der Waals surface area (Å²) in [6, 6.07) is 3.83. The first-order valence-corrected chi connectivity index (χ1v) is 8.53. The van der Waals surface area contributed by atoms with Crippen molar-refractivity contribution < 1.29 is 14.1 Å². The van der Waals surface area contributed by atoms with Crippen molar-refractivity contribution in [2.24, 2.45) is 0 Å². The summed E-state index contributed by atoms with van der Waals surface area (Å²) < 4.78 is 11.2. The van der Waals surface area contributed by atoms with Crippen molar-refractivity contribution in [3.63, 3.8) is 0 Å². The summed E-state index contributed by atoms with van der Waals surface area (Å²) in [6.07, 6.45) is 2.70. The van der Waals surface area contributed by atoms with Crippen LogP contribution in [0.5, 0.6) is 0 Å². The molecule has 2 saturated heterocycles. The van der Waals surface area contributed by atoms with Crippen molar-refractivity contribution in [1.29, 1.82) is 0 Å². The van der Waals surface area contributed by atoms with E-state index in [0.717, 1.165) is 24.3 Å². The summed E-state index contributed by atoms with van der Waals surface area (Å²) in [5.41, 5.74) is 0.813. The molecule has 132 valence electrons. The van der Waals surface area contributed by atoms with Gasteiger partial charge in [0, 0.05) is 32.8 Å². The van der Waals surface area contributed by atoms with Crippen LogP contribution in [0.1, 0.15) is 19.2 Å². The molecular formula is C17H21N5O3. The summed E-state index contributed by atoms with van der Waals surface area (Å²) in [4.78, 5) is 25.0. The average molecular weight is 343 g/mol. The highest BCUT2D eigenvalue weighted by Gasteiger charge is 2.39. The van der Waals surface area contributed by atoms with E-state index in [1.807, 2.05) is 17.0 Å². The zero-order chi connectivity index (χ0) is 17.4. The number of amides is 1. The number of anilines is 1. The number of pyridine rings is 1. The molecule has 0 aliphatic carbocycles. The van der Waals surface area contributed by atoms with Gasteiger partial charge in [-0.05, 0) is 25.5 Å². The number of aryl methyl sites for hydroxylation is 1. The summed E-state index contributed by atoms with van der Waals surface area (Å²) in [5.74, 6) is 1.95. The van der Waals surface area contributed by atoms with Gasteiger partial charge in [0.25, 0.3) is 5.89 Å². The molecular weight excluding hydrogens is 322 g/mol. The minimum atomic E-state index is 0.0410. The molecule has 0 aromatic carbocycles. The maximum Gasteiger partial charge on any atom is 0.261 e. The highest BCUT2D eigenvalue weighted by molar-refractivity contribution is 5.74. The molecule has 2 aromatic rings. The SMILES string of the molecule is CC(=O)N1CCOC2CCN(c3ncccc3-c3nc(C)no3)CC21. The quantitative estimate of drug-likeness (QED) is 0.812. The van der Waals surface area contributed by atoms with Gasteiger partial charge in [0.2, 0.25) is 5.91 Å². The van der Waals surface area contributed by atoms with Gasteiger partial charge in [0.1, 0.15) is 5.82 Å². The Morgan fingerprint density at radius 3 is 3.00 bits per heavy atom. The Kier molecular flexibility index (Phi) is 4.12. The van der Waals surface area contributed by atoms with Crippen LogP contribution < -0.4 is 4.90 Å². The number of aromatic nitrogens is 3. The summed E-state index contributed by atoms with van der Waals surface area (Å²) in [7, 11) is 0. The van der Waals surface area contributed by atoms with E-state index in [2.05, 4.69) is 20.0 Å². The molecule has 25 heavy (non-hydrogen) atoms. The third kappa shape index (κ3) is 2.97. The van der Waals surface area contributed by atoms with Gasteiger partial charge in [0.15, 0.2) is 5.82 Å². The fraction of sp³-hybridized carbons (Fsp3) is 0.529. The lowest BCUT2D eigenvalue weighted by atomic mass is 9.98. The molecule has 4 heterocycles. The molecule has 0 bridgehead atoms. The number of morpholine rings is 1. The average Bonchev–Trinajstić information content (AvgIpc) is 3.07. The number of ether oxygens (including phenoxy) is 1. The number of carbonyl (C=O) groups excluding carboxylic acids is 1. The molecule has 1 amide bonds. The van der Waals surface area contributed by atoms with Gasteiger partial charge < -0.3 is 19.1 Å². The van der Waals surface area contributed by atoms with Gasteiger partial charge in [-0.15, -0.1) is 0 Å². The second-order valence-corrected chi connectivity index (χ2v) is 6.45. The predicted octanol–water partition coefficient (Wildman–Crippen LogP) is 1.27. The Morgan fingerprint density at radius 2 is 2.24 bits per heavy atom. The van der Waals surface area contributed by atoms with Crippen LogP contribution in [0.4, 0.5) is 5.82 Å². The molecule has 2 atom stereocenters. The molecule has 0 spiro atoms. The van der Waals surface area contributed by atoms with Crippen molar-refractivity contribution >= 4 is 11.7 Å². The fourth-order valence-electron chi connectivity index (χ4n) is 3.68. The first kappa shape index (κ1) is 16.0. The topological polar surface area (TPSA) is 84.6 Å². The zero-order valence-electron chi connectivity index (χ0n) is 14.4. The zero-order valence-corrected chi connectivity index (χ0v) is 14.4. The van der Waals surface area contributed by atoms with Crippen LogP contribution in [0.3, 0.4) is 0 Å². The van der Waals surface area contributed by atoms with Crippen molar-refractivity contribution in [3.05, 3.63) is 24.2 Å². The van der Waals surface area contributed by atoms with E-state index in [-0.39, 0.29) is 18.1 Å². The van der Waals surface area contributed by atoms with Crippen molar-refractivity contribution in [2.75, 3.05) is 31.1 Å². The third-order valence-corrected chi connectivity index (χ3v) is 4.83. The van der Waals surface area contributed by atoms with E-state index < -0.39 is 0 Å². The van der Waals surface area contributed by atoms with Crippen molar-refractivity contribution in [3.8, 4) is 11.5 Å². The minimum absolute atomic E-state index is 0.0410. The van der Waals surface area contributed by atoms with E-state index in [0.29, 0.717) is 31.4 Å². The number of nitrogens with zero attached hydrogens (tertiary/aromatic N) is 5. The van der Waals surface area contributed by atoms with Crippen LogP contribution in [0, 0.1) is 6.92 Å². The Bertz CT molecular complexity index is 777. The molecule has 2 aromatic heterocycles. The lowest BCUT2D eigenvalue weighted by molar-refractivity contribution is -0.145. The normalized spacial score (nSPS) is 23.4. The minimum Gasteiger partial charge on any atom is -0.374 e.